The molecular weight excluding hydrogens is 418 g/mol. The van der Waals surface area contributed by atoms with Crippen LogP contribution in [0.25, 0.3) is 0 Å². The Morgan fingerprint density at radius 2 is 1.77 bits per heavy atom. The first-order valence-corrected chi connectivity index (χ1v) is 9.70. The molecule has 3 rings (SSSR count). The minimum absolute atomic E-state index is 0.0757. The topological polar surface area (TPSA) is 114 Å². The molecule has 3 aromatic rings. The van der Waals surface area contributed by atoms with Crippen molar-refractivity contribution in [3.8, 4) is 11.5 Å². The van der Waals surface area contributed by atoms with Crippen molar-refractivity contribution in [2.45, 2.75) is 6.42 Å². The molecule has 0 atom stereocenters. The number of nitro groups is 1. The van der Waals surface area contributed by atoms with E-state index in [1.165, 1.54) is 12.1 Å². The van der Waals surface area contributed by atoms with Crippen LogP contribution in [0.5, 0.6) is 11.5 Å². The number of ether oxygens (including phenoxy) is 1. The van der Waals surface area contributed by atoms with E-state index in [9.17, 15) is 20.0 Å². The number of phenols is 1. The number of amides is 1. The molecule has 0 aliphatic carbocycles. The minimum atomic E-state index is -0.627. The number of non-ortho nitro benzene ring substituents is 1. The number of carbonyl (C=O) groups is 1. The molecule has 8 nitrogen and oxygen atoms in total. The van der Waals surface area contributed by atoms with Crippen molar-refractivity contribution in [3.05, 3.63) is 94.0 Å². The number of hydrogen-bond donors (Lipinski definition) is 3. The van der Waals surface area contributed by atoms with Crippen LogP contribution in [-0.2, 0) is 6.42 Å². The average Bonchev–Trinajstić information content (AvgIpc) is 2.76. The fourth-order valence-corrected chi connectivity index (χ4v) is 2.97. The zero-order valence-electron chi connectivity index (χ0n) is 16.3. The van der Waals surface area contributed by atoms with Gasteiger partial charge in [0.05, 0.1) is 28.8 Å². The molecule has 0 bridgehead atoms. The van der Waals surface area contributed by atoms with Crippen LogP contribution in [0.2, 0.25) is 0 Å². The van der Waals surface area contributed by atoms with Crippen molar-refractivity contribution in [2.75, 3.05) is 11.9 Å². The first-order valence-electron chi connectivity index (χ1n) is 9.29. The molecule has 0 spiro atoms. The van der Waals surface area contributed by atoms with Gasteiger partial charge in [-0.2, -0.15) is 0 Å². The molecule has 0 aliphatic heterocycles. The van der Waals surface area contributed by atoms with E-state index in [4.69, 9.17) is 17.0 Å². The monoisotopic (exact) mass is 437 g/mol. The highest BCUT2D eigenvalue weighted by Crippen LogP contribution is 2.27. The second kappa shape index (κ2) is 10.2. The number of thiocarbonyl (C=S) groups is 1. The lowest BCUT2D eigenvalue weighted by molar-refractivity contribution is -0.384. The highest BCUT2D eigenvalue weighted by molar-refractivity contribution is 7.80. The normalized spacial score (nSPS) is 10.2. The fraction of sp³-hybridized carbons (Fsp3) is 0.0909. The van der Waals surface area contributed by atoms with E-state index in [0.29, 0.717) is 24.3 Å². The van der Waals surface area contributed by atoms with Crippen LogP contribution in [0.1, 0.15) is 15.9 Å². The van der Waals surface area contributed by atoms with Gasteiger partial charge in [0, 0.05) is 12.5 Å². The van der Waals surface area contributed by atoms with Crippen LogP contribution in [-0.4, -0.2) is 27.7 Å². The molecule has 1 amide bonds. The minimum Gasteiger partial charge on any atom is -0.506 e. The Morgan fingerprint density at radius 3 is 2.48 bits per heavy atom. The molecule has 0 saturated carbocycles. The summed E-state index contributed by atoms with van der Waals surface area (Å²) < 4.78 is 5.79. The maximum atomic E-state index is 12.7. The van der Waals surface area contributed by atoms with E-state index >= 15 is 0 Å². The lowest BCUT2D eigenvalue weighted by Crippen LogP contribution is -2.34. The van der Waals surface area contributed by atoms with Crippen LogP contribution >= 0.6 is 12.2 Å². The van der Waals surface area contributed by atoms with Crippen molar-refractivity contribution in [1.82, 2.24) is 5.32 Å². The zero-order valence-corrected chi connectivity index (χ0v) is 17.1. The lowest BCUT2D eigenvalue weighted by Gasteiger charge is -2.13. The summed E-state index contributed by atoms with van der Waals surface area (Å²) in [6, 6.07) is 20.1. The summed E-state index contributed by atoms with van der Waals surface area (Å²) >= 11 is 5.12. The largest absolute Gasteiger partial charge is 0.506 e. The predicted molar refractivity (Wildman–Crippen MR) is 121 cm³/mol. The predicted octanol–water partition coefficient (Wildman–Crippen LogP) is 4.05. The van der Waals surface area contributed by atoms with E-state index in [-0.39, 0.29) is 22.2 Å². The van der Waals surface area contributed by atoms with Gasteiger partial charge in [-0.3, -0.25) is 20.2 Å². The second-order valence-corrected chi connectivity index (χ2v) is 6.86. The Morgan fingerprint density at radius 1 is 1.06 bits per heavy atom. The molecule has 0 aromatic heterocycles. The van der Waals surface area contributed by atoms with E-state index in [2.05, 4.69) is 10.6 Å². The van der Waals surface area contributed by atoms with Crippen molar-refractivity contribution >= 4 is 34.6 Å². The first-order chi connectivity index (χ1) is 14.9. The summed E-state index contributed by atoms with van der Waals surface area (Å²) in [5.41, 5.74) is 1.29. The molecule has 0 fully saturated rings. The Hall–Kier alpha value is -3.98. The number of anilines is 1. The quantitative estimate of drug-likeness (QED) is 0.221. The van der Waals surface area contributed by atoms with Gasteiger partial charge in [-0.25, -0.2) is 0 Å². The lowest BCUT2D eigenvalue weighted by atomic mass is 10.1. The molecule has 0 aliphatic rings. The summed E-state index contributed by atoms with van der Waals surface area (Å²) in [7, 11) is 0. The van der Waals surface area contributed by atoms with Crippen LogP contribution in [0.15, 0.2) is 72.8 Å². The Kier molecular flexibility index (Phi) is 7.13. The van der Waals surface area contributed by atoms with Crippen LogP contribution in [0.4, 0.5) is 11.4 Å². The molecule has 0 heterocycles. The number of hydrogen-bond acceptors (Lipinski definition) is 6. The summed E-state index contributed by atoms with van der Waals surface area (Å²) in [6.45, 7) is 0.396. The number of nitrogens with one attached hydrogen (secondary N) is 2. The van der Waals surface area contributed by atoms with Gasteiger partial charge in [0.25, 0.3) is 11.6 Å². The van der Waals surface area contributed by atoms with Gasteiger partial charge >= 0.3 is 0 Å². The summed E-state index contributed by atoms with van der Waals surface area (Å²) in [4.78, 5) is 22.8. The fourth-order valence-electron chi connectivity index (χ4n) is 2.77. The number of aromatic hydroxyl groups is 1. The maximum Gasteiger partial charge on any atom is 0.273 e. The maximum absolute atomic E-state index is 12.7. The average molecular weight is 437 g/mol. The third kappa shape index (κ3) is 6.00. The Labute approximate surface area is 183 Å². The standard InChI is InChI=1S/C22H19N3O5S/c26-19-14-16(25(28)29)10-11-18(19)23-22(31)24-21(27)17-8-4-5-9-20(17)30-13-12-15-6-2-1-3-7-15/h1-11,14,26H,12-13H2,(H2,23,24,27,31). The smallest absolute Gasteiger partial charge is 0.273 e. The summed E-state index contributed by atoms with van der Waals surface area (Å²) in [5.74, 6) is -0.443. The van der Waals surface area contributed by atoms with Gasteiger partial charge in [0.2, 0.25) is 0 Å². The number of phenolic OH excluding ortho intramolecular Hbond substituents is 1. The van der Waals surface area contributed by atoms with E-state index in [0.717, 1.165) is 11.6 Å². The highest BCUT2D eigenvalue weighted by atomic mass is 32.1. The molecule has 0 radical (unpaired) electrons. The van der Waals surface area contributed by atoms with Gasteiger partial charge in [-0.15, -0.1) is 0 Å². The number of carbonyl (C=O) groups excluding carboxylic acids is 1. The number of nitrogens with zero attached hydrogens (tertiary/aromatic N) is 1. The van der Waals surface area contributed by atoms with Gasteiger partial charge in [-0.05, 0) is 36.0 Å². The van der Waals surface area contributed by atoms with E-state index < -0.39 is 10.8 Å². The third-order valence-corrected chi connectivity index (χ3v) is 4.49. The number of rotatable bonds is 7. The first kappa shape index (κ1) is 21.7. The highest BCUT2D eigenvalue weighted by Gasteiger charge is 2.15. The number of nitro benzene ring substituents is 1. The Balaban J connectivity index is 1.61. The van der Waals surface area contributed by atoms with Crippen molar-refractivity contribution < 1.29 is 19.6 Å². The van der Waals surface area contributed by atoms with Gasteiger partial charge in [0.15, 0.2) is 5.11 Å². The molecule has 9 heteroatoms. The summed E-state index contributed by atoms with van der Waals surface area (Å²) in [6.07, 6.45) is 0.691. The van der Waals surface area contributed by atoms with Crippen LogP contribution < -0.4 is 15.4 Å². The van der Waals surface area contributed by atoms with Gasteiger partial charge in [0.1, 0.15) is 11.5 Å². The van der Waals surface area contributed by atoms with E-state index in [1.54, 1.807) is 24.3 Å². The molecule has 158 valence electrons. The van der Waals surface area contributed by atoms with E-state index in [1.807, 2.05) is 30.3 Å². The third-order valence-electron chi connectivity index (χ3n) is 4.29. The molecular formula is C22H19N3O5S. The Bertz CT molecular complexity index is 1110. The second-order valence-electron chi connectivity index (χ2n) is 6.45. The van der Waals surface area contributed by atoms with Crippen LogP contribution in [0, 0.1) is 10.1 Å². The van der Waals surface area contributed by atoms with Crippen molar-refractivity contribution in [1.29, 1.82) is 0 Å². The SMILES string of the molecule is O=C(NC(=S)Nc1ccc([N+](=O)[O-])cc1O)c1ccccc1OCCc1ccccc1. The van der Waals surface area contributed by atoms with Gasteiger partial charge < -0.3 is 15.2 Å². The van der Waals surface area contributed by atoms with Crippen LogP contribution in [0.3, 0.4) is 0 Å². The zero-order chi connectivity index (χ0) is 22.2. The molecule has 0 unspecified atom stereocenters. The molecule has 3 N–H and O–H groups in total. The molecule has 31 heavy (non-hydrogen) atoms. The van der Waals surface area contributed by atoms with Crippen molar-refractivity contribution in [2.24, 2.45) is 0 Å². The summed E-state index contributed by atoms with van der Waals surface area (Å²) in [5, 5.41) is 25.8. The van der Waals surface area contributed by atoms with Gasteiger partial charge in [-0.1, -0.05) is 42.5 Å². The number of benzene rings is 3. The van der Waals surface area contributed by atoms with Crippen molar-refractivity contribution in [3.63, 3.8) is 0 Å². The molecule has 0 saturated heterocycles. The number of para-hydroxylation sites is 1. The molecule has 3 aromatic carbocycles.